The van der Waals surface area contributed by atoms with Crippen molar-refractivity contribution in [3.63, 3.8) is 0 Å². The average Bonchev–Trinajstić information content (AvgIpc) is 2.97. The van der Waals surface area contributed by atoms with Crippen LogP contribution in [-0.2, 0) is 5.41 Å². The number of hydrogen-bond donors (Lipinski definition) is 0. The molecule has 0 nitrogen and oxygen atoms in total. The minimum absolute atomic E-state index is 0.00160. The first-order chi connectivity index (χ1) is 13.6. The van der Waals surface area contributed by atoms with Crippen LogP contribution in [0, 0.1) is 0 Å². The van der Waals surface area contributed by atoms with Gasteiger partial charge in [-0.2, -0.15) is 0 Å². The van der Waals surface area contributed by atoms with E-state index in [1.54, 1.807) is 0 Å². The molecule has 28 heavy (non-hydrogen) atoms. The molecule has 0 heterocycles. The number of rotatable bonds is 2. The van der Waals surface area contributed by atoms with E-state index in [4.69, 9.17) is 11.6 Å². The van der Waals surface area contributed by atoms with Crippen LogP contribution in [0.15, 0.2) is 91.0 Å². The van der Waals surface area contributed by atoms with E-state index in [1.165, 1.54) is 33.4 Å². The van der Waals surface area contributed by atoms with Gasteiger partial charge in [0.25, 0.3) is 0 Å². The van der Waals surface area contributed by atoms with Gasteiger partial charge in [0.2, 0.25) is 0 Å². The van der Waals surface area contributed by atoms with E-state index >= 15 is 0 Å². The Hall–Kier alpha value is -2.83. The molecule has 0 radical (unpaired) electrons. The van der Waals surface area contributed by atoms with Gasteiger partial charge in [-0.05, 0) is 45.0 Å². The Morgan fingerprint density at radius 1 is 0.571 bits per heavy atom. The Bertz CT molecular complexity index is 1190. The second kappa shape index (κ2) is 6.36. The smallest absolute Gasteiger partial charge is 0.0490 e. The highest BCUT2D eigenvalue weighted by Crippen LogP contribution is 2.52. The minimum atomic E-state index is -0.00160. The van der Waals surface area contributed by atoms with Crippen molar-refractivity contribution in [2.75, 3.05) is 0 Å². The van der Waals surface area contributed by atoms with Gasteiger partial charge >= 0.3 is 0 Å². The van der Waals surface area contributed by atoms with Crippen LogP contribution in [0.25, 0.3) is 33.4 Å². The van der Waals surface area contributed by atoms with Gasteiger partial charge in [-0.1, -0.05) is 110 Å². The fraction of sp³-hybridized carbons (Fsp3) is 0.111. The van der Waals surface area contributed by atoms with E-state index < -0.39 is 0 Å². The first-order valence-corrected chi connectivity index (χ1v) is 10.0. The second-order valence-corrected chi connectivity index (χ2v) is 8.37. The van der Waals surface area contributed by atoms with E-state index in [1.807, 2.05) is 6.07 Å². The summed E-state index contributed by atoms with van der Waals surface area (Å²) in [5.74, 6) is 0. The number of halogens is 1. The summed E-state index contributed by atoms with van der Waals surface area (Å²) in [7, 11) is 0. The normalized spacial score (nSPS) is 13.8. The third-order valence-electron chi connectivity index (χ3n) is 5.97. The lowest BCUT2D eigenvalue weighted by atomic mass is 9.82. The zero-order valence-corrected chi connectivity index (χ0v) is 16.8. The Labute approximate surface area is 171 Å². The molecule has 1 heteroatoms. The fourth-order valence-electron chi connectivity index (χ4n) is 4.52. The summed E-state index contributed by atoms with van der Waals surface area (Å²) < 4.78 is 0. The first kappa shape index (κ1) is 17.3. The molecular weight excluding hydrogens is 360 g/mol. The average molecular weight is 381 g/mol. The van der Waals surface area contributed by atoms with Gasteiger partial charge in [-0.3, -0.25) is 0 Å². The summed E-state index contributed by atoms with van der Waals surface area (Å²) in [4.78, 5) is 0. The molecule has 0 N–H and O–H groups in total. The van der Waals surface area contributed by atoms with Crippen molar-refractivity contribution in [2.45, 2.75) is 19.3 Å². The van der Waals surface area contributed by atoms with Crippen LogP contribution in [0.1, 0.15) is 25.0 Å². The summed E-state index contributed by atoms with van der Waals surface area (Å²) in [6.07, 6.45) is 0. The maximum Gasteiger partial charge on any atom is 0.0490 e. The van der Waals surface area contributed by atoms with Gasteiger partial charge in [0, 0.05) is 16.0 Å². The largest absolute Gasteiger partial charge is 0.0836 e. The molecule has 0 saturated carbocycles. The molecule has 1 aliphatic carbocycles. The summed E-state index contributed by atoms with van der Waals surface area (Å²) in [5.41, 5.74) is 10.0. The van der Waals surface area contributed by atoms with Gasteiger partial charge in [0.1, 0.15) is 0 Å². The van der Waals surface area contributed by atoms with E-state index in [0.717, 1.165) is 16.1 Å². The minimum Gasteiger partial charge on any atom is -0.0836 e. The number of fused-ring (bicyclic) bond motifs is 3. The molecule has 0 fully saturated rings. The summed E-state index contributed by atoms with van der Waals surface area (Å²) >= 11 is 6.81. The number of hydrogen-bond acceptors (Lipinski definition) is 0. The molecule has 136 valence electrons. The number of benzene rings is 4. The summed E-state index contributed by atoms with van der Waals surface area (Å²) in [6.45, 7) is 4.61. The lowest BCUT2D eigenvalue weighted by molar-refractivity contribution is 0.660. The molecule has 0 saturated heterocycles. The maximum atomic E-state index is 6.81. The monoisotopic (exact) mass is 380 g/mol. The Morgan fingerprint density at radius 2 is 1.25 bits per heavy atom. The van der Waals surface area contributed by atoms with Crippen molar-refractivity contribution in [2.24, 2.45) is 0 Å². The fourth-order valence-corrected chi connectivity index (χ4v) is 4.81. The van der Waals surface area contributed by atoms with Crippen molar-refractivity contribution in [1.82, 2.24) is 0 Å². The predicted molar refractivity (Wildman–Crippen MR) is 120 cm³/mol. The van der Waals surface area contributed by atoms with Gasteiger partial charge < -0.3 is 0 Å². The molecule has 0 unspecified atom stereocenters. The predicted octanol–water partition coefficient (Wildman–Crippen LogP) is 7.98. The van der Waals surface area contributed by atoms with Crippen molar-refractivity contribution < 1.29 is 0 Å². The van der Waals surface area contributed by atoms with Crippen LogP contribution in [0.3, 0.4) is 0 Å². The Kier molecular flexibility index (Phi) is 3.92. The lowest BCUT2D eigenvalue weighted by Gasteiger charge is -2.21. The molecular formula is C27H21Cl. The molecule has 5 rings (SSSR count). The zero-order chi connectivity index (χ0) is 19.3. The molecule has 0 amide bonds. The van der Waals surface area contributed by atoms with Gasteiger partial charge in [-0.15, -0.1) is 0 Å². The van der Waals surface area contributed by atoms with Crippen molar-refractivity contribution in [3.8, 4) is 33.4 Å². The van der Waals surface area contributed by atoms with Crippen LogP contribution in [0.5, 0.6) is 0 Å². The molecule has 0 atom stereocenters. The van der Waals surface area contributed by atoms with Crippen LogP contribution in [-0.4, -0.2) is 0 Å². The van der Waals surface area contributed by atoms with Gasteiger partial charge in [0.15, 0.2) is 0 Å². The standard InChI is InChI=1S/C27H21Cl/c1-27(2)23-13-7-6-11-22(23)26-21(12-8-14-24(26)27)20-16-15-19(17-25(20)28)18-9-4-3-5-10-18/h3-17H,1-2H3. The molecule has 0 aromatic heterocycles. The third kappa shape index (κ3) is 2.52. The molecule has 4 aromatic rings. The lowest BCUT2D eigenvalue weighted by Crippen LogP contribution is -2.14. The third-order valence-corrected chi connectivity index (χ3v) is 6.29. The van der Waals surface area contributed by atoms with E-state index in [0.29, 0.717) is 0 Å². The van der Waals surface area contributed by atoms with Crippen molar-refractivity contribution >= 4 is 11.6 Å². The highest BCUT2D eigenvalue weighted by molar-refractivity contribution is 6.34. The highest BCUT2D eigenvalue weighted by Gasteiger charge is 2.36. The Morgan fingerprint density at radius 3 is 2.04 bits per heavy atom. The van der Waals surface area contributed by atoms with Gasteiger partial charge in [-0.25, -0.2) is 0 Å². The van der Waals surface area contributed by atoms with E-state index in [-0.39, 0.29) is 5.41 Å². The maximum absolute atomic E-state index is 6.81. The molecule has 0 bridgehead atoms. The van der Waals surface area contributed by atoms with E-state index in [2.05, 4.69) is 98.8 Å². The van der Waals surface area contributed by atoms with Crippen LogP contribution in [0.2, 0.25) is 5.02 Å². The quantitative estimate of drug-likeness (QED) is 0.330. The van der Waals surface area contributed by atoms with Gasteiger partial charge in [0.05, 0.1) is 0 Å². The second-order valence-electron chi connectivity index (χ2n) is 7.96. The van der Waals surface area contributed by atoms with E-state index in [9.17, 15) is 0 Å². The highest BCUT2D eigenvalue weighted by atomic mass is 35.5. The van der Waals surface area contributed by atoms with Crippen molar-refractivity contribution in [3.05, 3.63) is 107 Å². The zero-order valence-electron chi connectivity index (χ0n) is 16.0. The first-order valence-electron chi connectivity index (χ1n) is 9.66. The molecule has 4 aromatic carbocycles. The van der Waals surface area contributed by atoms with Crippen molar-refractivity contribution in [1.29, 1.82) is 0 Å². The summed E-state index contributed by atoms with van der Waals surface area (Å²) in [6, 6.07) is 32.1. The SMILES string of the molecule is CC1(C)c2ccccc2-c2c(-c3ccc(-c4ccccc4)cc3Cl)cccc21. The topological polar surface area (TPSA) is 0 Å². The Balaban J connectivity index is 1.71. The molecule has 0 spiro atoms. The van der Waals surface area contributed by atoms with Crippen LogP contribution >= 0.6 is 11.6 Å². The summed E-state index contributed by atoms with van der Waals surface area (Å²) in [5, 5.41) is 0.789. The molecule has 1 aliphatic rings. The van der Waals surface area contributed by atoms with Crippen LogP contribution < -0.4 is 0 Å². The van der Waals surface area contributed by atoms with Crippen LogP contribution in [0.4, 0.5) is 0 Å². The molecule has 0 aliphatic heterocycles.